The number of nitrogens with one attached hydrogen (secondary N) is 2. The lowest BCUT2D eigenvalue weighted by Crippen LogP contribution is -2.49. The zero-order chi connectivity index (χ0) is 20.1. The summed E-state index contributed by atoms with van der Waals surface area (Å²) in [4.78, 5) is 25.4. The first kappa shape index (κ1) is 20.5. The average Bonchev–Trinajstić information content (AvgIpc) is 3.20. The van der Waals surface area contributed by atoms with Gasteiger partial charge in [0.2, 0.25) is 5.91 Å². The lowest BCUT2D eigenvalue weighted by molar-refractivity contribution is -0.123. The van der Waals surface area contributed by atoms with E-state index in [4.69, 9.17) is 21.1 Å². The minimum atomic E-state index is -0.599. The monoisotopic (exact) mass is 422 g/mol. The van der Waals surface area contributed by atoms with E-state index < -0.39 is 6.04 Å². The predicted molar refractivity (Wildman–Crippen MR) is 110 cm³/mol. The first-order valence-corrected chi connectivity index (χ1v) is 10.4. The third-order valence-corrected chi connectivity index (χ3v) is 5.50. The first-order chi connectivity index (χ1) is 13.5. The van der Waals surface area contributed by atoms with Gasteiger partial charge >= 0.3 is 0 Å². The fourth-order valence-electron chi connectivity index (χ4n) is 2.90. The molecule has 0 aliphatic carbocycles. The van der Waals surface area contributed by atoms with E-state index in [2.05, 4.69) is 10.6 Å². The Bertz CT molecular complexity index is 839. The van der Waals surface area contributed by atoms with Gasteiger partial charge in [0.1, 0.15) is 19.3 Å². The smallest absolute Gasteiger partial charge is 0.262 e. The van der Waals surface area contributed by atoms with E-state index in [-0.39, 0.29) is 17.7 Å². The largest absolute Gasteiger partial charge is 0.486 e. The molecule has 1 aliphatic heterocycles. The van der Waals surface area contributed by atoms with Crippen LogP contribution in [0.2, 0.25) is 5.02 Å². The number of carbonyl (C=O) groups is 2. The van der Waals surface area contributed by atoms with Crippen molar-refractivity contribution in [1.82, 2.24) is 10.6 Å². The molecule has 1 aliphatic rings. The van der Waals surface area contributed by atoms with Crippen LogP contribution in [0.15, 0.2) is 29.6 Å². The quantitative estimate of drug-likeness (QED) is 0.717. The van der Waals surface area contributed by atoms with Crippen molar-refractivity contribution in [2.24, 2.45) is 5.92 Å². The van der Waals surface area contributed by atoms with Crippen LogP contribution in [0.3, 0.4) is 0 Å². The molecule has 28 heavy (non-hydrogen) atoms. The van der Waals surface area contributed by atoms with E-state index in [0.29, 0.717) is 47.6 Å². The molecular weight excluding hydrogens is 400 g/mol. The molecule has 0 saturated heterocycles. The maximum atomic E-state index is 12.6. The highest BCUT2D eigenvalue weighted by atomic mass is 35.5. The fourth-order valence-corrected chi connectivity index (χ4v) is 3.82. The molecule has 1 aromatic carbocycles. The zero-order valence-corrected chi connectivity index (χ0v) is 17.4. The van der Waals surface area contributed by atoms with Crippen molar-refractivity contribution in [2.75, 3.05) is 19.8 Å². The number of rotatable bonds is 7. The van der Waals surface area contributed by atoms with Gasteiger partial charge in [-0.3, -0.25) is 9.59 Å². The molecule has 3 rings (SSSR count). The molecule has 0 radical (unpaired) electrons. The number of hydrogen-bond acceptors (Lipinski definition) is 5. The standard InChI is InChI=1S/C20H23ClN2O4S/c1-12(2)17(23-19(24)16-4-3-9-28-16)20(25)22-6-5-13-10-14(21)18-15(11-13)26-7-8-27-18/h3-4,9-12,17H,5-8H2,1-2H3,(H,22,25)(H,23,24)/t17-/m1/s1. The first-order valence-electron chi connectivity index (χ1n) is 9.16. The Balaban J connectivity index is 1.56. The lowest BCUT2D eigenvalue weighted by atomic mass is 10.0. The highest BCUT2D eigenvalue weighted by Gasteiger charge is 2.25. The number of thiophene rings is 1. The molecule has 0 fully saturated rings. The molecule has 6 nitrogen and oxygen atoms in total. The van der Waals surface area contributed by atoms with Crippen molar-refractivity contribution in [3.05, 3.63) is 45.1 Å². The summed E-state index contributed by atoms with van der Waals surface area (Å²) >= 11 is 7.59. The van der Waals surface area contributed by atoms with Gasteiger partial charge in [0.15, 0.2) is 11.5 Å². The van der Waals surface area contributed by atoms with Gasteiger partial charge in [-0.1, -0.05) is 31.5 Å². The van der Waals surface area contributed by atoms with Gasteiger partial charge in [0, 0.05) is 6.54 Å². The van der Waals surface area contributed by atoms with Crippen molar-refractivity contribution in [3.8, 4) is 11.5 Å². The summed E-state index contributed by atoms with van der Waals surface area (Å²) in [5.74, 6) is 0.721. The molecule has 2 aromatic rings. The van der Waals surface area contributed by atoms with E-state index in [9.17, 15) is 9.59 Å². The molecule has 8 heteroatoms. The third kappa shape index (κ3) is 4.97. The number of halogens is 1. The van der Waals surface area contributed by atoms with Crippen LogP contribution in [0.4, 0.5) is 0 Å². The van der Waals surface area contributed by atoms with Crippen LogP contribution in [-0.4, -0.2) is 37.6 Å². The maximum Gasteiger partial charge on any atom is 0.262 e. The van der Waals surface area contributed by atoms with E-state index >= 15 is 0 Å². The highest BCUT2D eigenvalue weighted by molar-refractivity contribution is 7.12. The number of benzene rings is 1. The summed E-state index contributed by atoms with van der Waals surface area (Å²) in [6.45, 7) is 5.20. The molecule has 0 spiro atoms. The average molecular weight is 423 g/mol. The van der Waals surface area contributed by atoms with Crippen LogP contribution in [0.1, 0.15) is 29.1 Å². The molecule has 1 atom stereocenters. The van der Waals surface area contributed by atoms with E-state index in [1.165, 1.54) is 11.3 Å². The second-order valence-electron chi connectivity index (χ2n) is 6.82. The second-order valence-corrected chi connectivity index (χ2v) is 8.17. The number of ether oxygens (including phenoxy) is 2. The molecule has 150 valence electrons. The van der Waals surface area contributed by atoms with Crippen LogP contribution < -0.4 is 20.1 Å². The Labute approximate surface area is 173 Å². The van der Waals surface area contributed by atoms with Gasteiger partial charge in [-0.05, 0) is 41.5 Å². The molecule has 2 heterocycles. The Morgan fingerprint density at radius 1 is 1.25 bits per heavy atom. The predicted octanol–water partition coefficient (Wildman–Crippen LogP) is 3.29. The third-order valence-electron chi connectivity index (χ3n) is 4.35. The van der Waals surface area contributed by atoms with Crippen molar-refractivity contribution in [3.63, 3.8) is 0 Å². The van der Waals surface area contributed by atoms with Crippen LogP contribution in [-0.2, 0) is 11.2 Å². The van der Waals surface area contributed by atoms with Crippen LogP contribution in [0, 0.1) is 5.92 Å². The Morgan fingerprint density at radius 3 is 2.75 bits per heavy atom. The fraction of sp³-hybridized carbons (Fsp3) is 0.400. The number of amides is 2. The van der Waals surface area contributed by atoms with Gasteiger partial charge in [0.05, 0.1) is 9.90 Å². The number of fused-ring (bicyclic) bond motifs is 1. The molecule has 2 N–H and O–H groups in total. The van der Waals surface area contributed by atoms with Gasteiger partial charge in [0.25, 0.3) is 5.91 Å². The van der Waals surface area contributed by atoms with Gasteiger partial charge < -0.3 is 20.1 Å². The number of carbonyl (C=O) groups excluding carboxylic acids is 2. The molecule has 2 amide bonds. The van der Waals surface area contributed by atoms with E-state index in [0.717, 1.165) is 5.56 Å². The van der Waals surface area contributed by atoms with Gasteiger partial charge in [-0.2, -0.15) is 0 Å². The topological polar surface area (TPSA) is 76.7 Å². The summed E-state index contributed by atoms with van der Waals surface area (Å²) in [6.07, 6.45) is 0.589. The van der Waals surface area contributed by atoms with Crippen molar-refractivity contribution >= 4 is 34.8 Å². The molecule has 1 aromatic heterocycles. The second kappa shape index (κ2) is 9.30. The summed E-state index contributed by atoms with van der Waals surface area (Å²) < 4.78 is 11.1. The van der Waals surface area contributed by atoms with Gasteiger partial charge in [-0.15, -0.1) is 11.3 Å². The van der Waals surface area contributed by atoms with Gasteiger partial charge in [-0.25, -0.2) is 0 Å². The van der Waals surface area contributed by atoms with E-state index in [1.807, 2.05) is 37.4 Å². The highest BCUT2D eigenvalue weighted by Crippen LogP contribution is 2.38. The summed E-state index contributed by atoms with van der Waals surface area (Å²) in [5.41, 5.74) is 0.943. The van der Waals surface area contributed by atoms with Crippen LogP contribution in [0.5, 0.6) is 11.5 Å². The Kier molecular flexibility index (Phi) is 6.80. The number of hydrogen-bond donors (Lipinski definition) is 2. The summed E-state index contributed by atoms with van der Waals surface area (Å²) in [6, 6.07) is 6.65. The zero-order valence-electron chi connectivity index (χ0n) is 15.8. The maximum absolute atomic E-state index is 12.6. The van der Waals surface area contributed by atoms with Crippen LogP contribution in [0.25, 0.3) is 0 Å². The summed E-state index contributed by atoms with van der Waals surface area (Å²) in [5, 5.41) is 8.05. The Hall–Kier alpha value is -2.25. The molecule has 0 saturated carbocycles. The minimum Gasteiger partial charge on any atom is -0.486 e. The lowest BCUT2D eigenvalue weighted by Gasteiger charge is -2.22. The minimum absolute atomic E-state index is 0.0346. The molecule has 0 unspecified atom stereocenters. The van der Waals surface area contributed by atoms with Crippen molar-refractivity contribution in [1.29, 1.82) is 0 Å². The summed E-state index contributed by atoms with van der Waals surface area (Å²) in [7, 11) is 0. The SMILES string of the molecule is CC(C)[C@@H](NC(=O)c1cccs1)C(=O)NCCc1cc(Cl)c2c(c1)OCCO2. The van der Waals surface area contributed by atoms with E-state index in [1.54, 1.807) is 6.07 Å². The normalized spacial score (nSPS) is 13.9. The van der Waals surface area contributed by atoms with Crippen molar-refractivity contribution < 1.29 is 19.1 Å². The molecule has 0 bridgehead atoms. The molecular formula is C20H23ClN2O4S. The van der Waals surface area contributed by atoms with Crippen molar-refractivity contribution in [2.45, 2.75) is 26.3 Å². The Morgan fingerprint density at radius 2 is 2.04 bits per heavy atom. The van der Waals surface area contributed by atoms with Crippen LogP contribution >= 0.6 is 22.9 Å².